The van der Waals surface area contributed by atoms with Crippen molar-refractivity contribution >= 4 is 5.84 Å². The summed E-state index contributed by atoms with van der Waals surface area (Å²) in [5, 5.41) is 0. The first-order valence-electron chi connectivity index (χ1n) is 5.71. The highest BCUT2D eigenvalue weighted by Crippen LogP contribution is 2.25. The van der Waals surface area contributed by atoms with E-state index >= 15 is 0 Å². The molecule has 0 saturated carbocycles. The Hall–Kier alpha value is -0.530. The maximum Gasteiger partial charge on any atom is 0.0905 e. The van der Waals surface area contributed by atoms with Crippen LogP contribution in [0.3, 0.4) is 0 Å². The van der Waals surface area contributed by atoms with Crippen molar-refractivity contribution in [3.63, 3.8) is 0 Å². The van der Waals surface area contributed by atoms with E-state index in [2.05, 4.69) is 32.7 Å². The van der Waals surface area contributed by atoms with Gasteiger partial charge in [0.15, 0.2) is 0 Å². The van der Waals surface area contributed by atoms with Gasteiger partial charge in [0.25, 0.3) is 0 Å². The van der Waals surface area contributed by atoms with Crippen LogP contribution in [0.4, 0.5) is 0 Å². The summed E-state index contributed by atoms with van der Waals surface area (Å²) >= 11 is 0. The molecule has 0 heterocycles. The zero-order valence-corrected chi connectivity index (χ0v) is 10.4. The van der Waals surface area contributed by atoms with Crippen LogP contribution in [0.1, 0.15) is 47.5 Å². The summed E-state index contributed by atoms with van der Waals surface area (Å²) < 4.78 is 0. The van der Waals surface area contributed by atoms with Gasteiger partial charge < -0.3 is 5.73 Å². The van der Waals surface area contributed by atoms with Crippen molar-refractivity contribution in [3.05, 3.63) is 0 Å². The van der Waals surface area contributed by atoms with Gasteiger partial charge in [-0.3, -0.25) is 4.99 Å². The van der Waals surface area contributed by atoms with Crippen LogP contribution >= 0.6 is 0 Å². The zero-order chi connectivity index (χ0) is 11.1. The number of rotatable bonds is 6. The summed E-state index contributed by atoms with van der Waals surface area (Å²) in [4.78, 5) is 4.21. The SMILES string of the molecule is CC(N)=NCCCC(C(C)C)C(C)C. The van der Waals surface area contributed by atoms with Gasteiger partial charge in [-0.2, -0.15) is 0 Å². The number of amidine groups is 1. The molecule has 2 nitrogen and oxygen atoms in total. The lowest BCUT2D eigenvalue weighted by Gasteiger charge is -2.24. The zero-order valence-electron chi connectivity index (χ0n) is 10.4. The molecular weight excluding hydrogens is 172 g/mol. The molecule has 0 bridgehead atoms. The molecule has 0 unspecified atom stereocenters. The first kappa shape index (κ1) is 13.5. The van der Waals surface area contributed by atoms with Gasteiger partial charge in [-0.15, -0.1) is 0 Å². The summed E-state index contributed by atoms with van der Waals surface area (Å²) in [7, 11) is 0. The van der Waals surface area contributed by atoms with Gasteiger partial charge in [-0.1, -0.05) is 27.7 Å². The number of hydrogen-bond acceptors (Lipinski definition) is 1. The van der Waals surface area contributed by atoms with Crippen molar-refractivity contribution in [3.8, 4) is 0 Å². The Balaban J connectivity index is 3.78. The number of nitrogens with zero attached hydrogens (tertiary/aromatic N) is 1. The second-order valence-corrected chi connectivity index (χ2v) is 4.82. The predicted octanol–water partition coefficient (Wildman–Crippen LogP) is 3.07. The van der Waals surface area contributed by atoms with Crippen molar-refractivity contribution in [2.45, 2.75) is 47.5 Å². The van der Waals surface area contributed by atoms with Crippen LogP contribution in [0.5, 0.6) is 0 Å². The Bertz CT molecular complexity index is 159. The molecule has 0 atom stereocenters. The highest BCUT2D eigenvalue weighted by Gasteiger charge is 2.16. The van der Waals surface area contributed by atoms with Crippen LogP contribution in [0, 0.1) is 17.8 Å². The quantitative estimate of drug-likeness (QED) is 0.397. The Kier molecular flexibility index (Phi) is 6.60. The molecule has 0 aliphatic rings. The Labute approximate surface area is 89.0 Å². The van der Waals surface area contributed by atoms with E-state index in [1.165, 1.54) is 6.42 Å². The van der Waals surface area contributed by atoms with E-state index in [1.54, 1.807) is 0 Å². The molecular formula is C12H26N2. The third-order valence-electron chi connectivity index (χ3n) is 2.77. The van der Waals surface area contributed by atoms with Crippen molar-refractivity contribution in [1.29, 1.82) is 0 Å². The average Bonchev–Trinajstić information content (AvgIpc) is 2.01. The largest absolute Gasteiger partial charge is 0.388 e. The molecule has 84 valence electrons. The van der Waals surface area contributed by atoms with E-state index in [9.17, 15) is 0 Å². The molecule has 0 radical (unpaired) electrons. The minimum atomic E-state index is 0.704. The molecule has 0 aliphatic carbocycles. The van der Waals surface area contributed by atoms with Crippen molar-refractivity contribution in [1.82, 2.24) is 0 Å². The van der Waals surface area contributed by atoms with E-state index in [-0.39, 0.29) is 0 Å². The van der Waals surface area contributed by atoms with E-state index < -0.39 is 0 Å². The van der Waals surface area contributed by atoms with Gasteiger partial charge in [0, 0.05) is 6.54 Å². The normalized spacial score (nSPS) is 13.3. The molecule has 0 saturated heterocycles. The summed E-state index contributed by atoms with van der Waals surface area (Å²) in [5.74, 6) is 3.08. The molecule has 14 heavy (non-hydrogen) atoms. The summed E-state index contributed by atoms with van der Waals surface area (Å²) in [5.41, 5.74) is 5.48. The maximum atomic E-state index is 5.48. The topological polar surface area (TPSA) is 38.4 Å². The first-order chi connectivity index (χ1) is 6.45. The molecule has 0 aromatic heterocycles. The number of hydrogen-bond donors (Lipinski definition) is 1. The molecule has 0 spiro atoms. The standard InChI is InChI=1S/C12H26N2/c1-9(2)12(10(3)4)7-6-8-14-11(5)13/h9-10,12H,6-8H2,1-5H3,(H2,13,14). The molecule has 0 amide bonds. The van der Waals surface area contributed by atoms with Crippen molar-refractivity contribution in [2.24, 2.45) is 28.5 Å². The van der Waals surface area contributed by atoms with Crippen LogP contribution in [0.15, 0.2) is 4.99 Å². The average molecular weight is 198 g/mol. The molecule has 0 rings (SSSR count). The van der Waals surface area contributed by atoms with Crippen LogP contribution in [0.25, 0.3) is 0 Å². The molecule has 0 aromatic carbocycles. The Morgan fingerprint density at radius 1 is 1.14 bits per heavy atom. The highest BCUT2D eigenvalue weighted by atomic mass is 14.8. The van der Waals surface area contributed by atoms with Gasteiger partial charge in [-0.05, 0) is 37.5 Å². The van der Waals surface area contributed by atoms with Gasteiger partial charge in [0.1, 0.15) is 0 Å². The third-order valence-corrected chi connectivity index (χ3v) is 2.77. The second kappa shape index (κ2) is 6.86. The van der Waals surface area contributed by atoms with Gasteiger partial charge >= 0.3 is 0 Å². The van der Waals surface area contributed by atoms with Crippen LogP contribution in [0.2, 0.25) is 0 Å². The van der Waals surface area contributed by atoms with Crippen LogP contribution in [-0.2, 0) is 0 Å². The van der Waals surface area contributed by atoms with Crippen LogP contribution in [-0.4, -0.2) is 12.4 Å². The molecule has 0 aromatic rings. The first-order valence-corrected chi connectivity index (χ1v) is 5.71. The van der Waals surface area contributed by atoms with Gasteiger partial charge in [0.2, 0.25) is 0 Å². The fourth-order valence-corrected chi connectivity index (χ4v) is 2.02. The minimum absolute atomic E-state index is 0.704. The fraction of sp³-hybridized carbons (Fsp3) is 0.917. The number of nitrogens with two attached hydrogens (primary N) is 1. The molecule has 0 aliphatic heterocycles. The monoisotopic (exact) mass is 198 g/mol. The van der Waals surface area contributed by atoms with Crippen molar-refractivity contribution in [2.75, 3.05) is 6.54 Å². The summed E-state index contributed by atoms with van der Waals surface area (Å²) in [6, 6.07) is 0. The lowest BCUT2D eigenvalue weighted by molar-refractivity contribution is 0.265. The third kappa shape index (κ3) is 6.01. The van der Waals surface area contributed by atoms with Crippen LogP contribution < -0.4 is 5.73 Å². The molecule has 2 N–H and O–H groups in total. The predicted molar refractivity (Wildman–Crippen MR) is 64.6 cm³/mol. The lowest BCUT2D eigenvalue weighted by atomic mass is 9.82. The molecule has 2 heteroatoms. The van der Waals surface area contributed by atoms with E-state index in [0.717, 1.165) is 30.7 Å². The smallest absolute Gasteiger partial charge is 0.0905 e. The summed E-state index contributed by atoms with van der Waals surface area (Å²) in [6.45, 7) is 12.0. The Morgan fingerprint density at radius 2 is 1.64 bits per heavy atom. The van der Waals surface area contributed by atoms with E-state index in [0.29, 0.717) is 5.84 Å². The Morgan fingerprint density at radius 3 is 2.00 bits per heavy atom. The van der Waals surface area contributed by atoms with E-state index in [4.69, 9.17) is 5.73 Å². The second-order valence-electron chi connectivity index (χ2n) is 4.82. The van der Waals surface area contributed by atoms with Gasteiger partial charge in [-0.25, -0.2) is 0 Å². The highest BCUT2D eigenvalue weighted by molar-refractivity contribution is 5.77. The lowest BCUT2D eigenvalue weighted by Crippen LogP contribution is -2.16. The number of aliphatic imine (C=N–C) groups is 1. The van der Waals surface area contributed by atoms with E-state index in [1.807, 2.05) is 6.92 Å². The molecule has 0 fully saturated rings. The summed E-state index contributed by atoms with van der Waals surface area (Å²) in [6.07, 6.45) is 2.43. The van der Waals surface area contributed by atoms with Gasteiger partial charge in [0.05, 0.1) is 5.84 Å². The van der Waals surface area contributed by atoms with Crippen molar-refractivity contribution < 1.29 is 0 Å². The fourth-order valence-electron chi connectivity index (χ4n) is 2.02. The minimum Gasteiger partial charge on any atom is -0.388 e. The maximum absolute atomic E-state index is 5.48.